The van der Waals surface area contributed by atoms with Crippen molar-refractivity contribution in [1.29, 1.82) is 0 Å². The predicted molar refractivity (Wildman–Crippen MR) is 233 cm³/mol. The molecule has 0 N–H and O–H groups in total. The fraction of sp³-hybridized carbons (Fsp3) is 0.160. The molecular weight excluding hydrogens is 923 g/mol. The van der Waals surface area contributed by atoms with E-state index >= 15 is 0 Å². The van der Waals surface area contributed by atoms with Crippen molar-refractivity contribution in [3.8, 4) is 39.5 Å². The number of benzene rings is 6. The number of rotatable bonds is 6. The third-order valence-electron chi connectivity index (χ3n) is 9.84. The Bertz CT molecular complexity index is 2760. The molecule has 1 radical (unpaired) electrons. The van der Waals surface area contributed by atoms with Gasteiger partial charge in [-0.05, 0) is 41.5 Å². The van der Waals surface area contributed by atoms with Crippen molar-refractivity contribution in [2.24, 2.45) is 5.41 Å². The van der Waals surface area contributed by atoms with Crippen LogP contribution in [-0.2, 0) is 26.5 Å². The van der Waals surface area contributed by atoms with Crippen LogP contribution in [0.5, 0.6) is 0 Å². The number of pyridine rings is 1. The average molecular weight is 969 g/mol. The van der Waals surface area contributed by atoms with Crippen molar-refractivity contribution in [3.05, 3.63) is 169 Å². The molecule has 4 nitrogen and oxygen atoms in total. The quantitative estimate of drug-likeness (QED) is 0.123. The van der Waals surface area contributed by atoms with Gasteiger partial charge in [0.15, 0.2) is 0 Å². The zero-order valence-corrected chi connectivity index (χ0v) is 37.2. The molecule has 0 fully saturated rings. The summed E-state index contributed by atoms with van der Waals surface area (Å²) in [6, 6.07) is 56.5. The van der Waals surface area contributed by atoms with E-state index in [1.807, 2.05) is 54.6 Å². The Morgan fingerprint density at radius 1 is 0.696 bits per heavy atom. The van der Waals surface area contributed by atoms with Crippen molar-refractivity contribution in [2.45, 2.75) is 44.5 Å². The molecule has 0 atom stereocenters. The smallest absolute Gasteiger partial charge is 0.120 e. The molecule has 0 saturated heterocycles. The van der Waals surface area contributed by atoms with Crippen LogP contribution in [0.2, 0.25) is 17.3 Å². The van der Waals surface area contributed by atoms with E-state index in [0.717, 1.165) is 73.3 Å². The predicted octanol–water partition coefficient (Wildman–Crippen LogP) is 12.7. The zero-order valence-electron chi connectivity index (χ0n) is 32.7. The van der Waals surface area contributed by atoms with E-state index in [4.69, 9.17) is 14.4 Å². The van der Waals surface area contributed by atoms with Crippen LogP contribution in [0.25, 0.3) is 72.4 Å². The second kappa shape index (κ2) is 16.2. The zero-order chi connectivity index (χ0) is 38.2. The van der Waals surface area contributed by atoms with Gasteiger partial charge in [0, 0.05) is 31.2 Å². The van der Waals surface area contributed by atoms with Crippen LogP contribution in [0.3, 0.4) is 0 Å². The van der Waals surface area contributed by atoms with E-state index in [0.29, 0.717) is 5.41 Å². The van der Waals surface area contributed by atoms with Gasteiger partial charge in [-0.1, -0.05) is 83.7 Å². The monoisotopic (exact) mass is 970 g/mol. The summed E-state index contributed by atoms with van der Waals surface area (Å²) in [7, 11) is 0. The maximum Gasteiger partial charge on any atom is 0.120 e. The van der Waals surface area contributed by atoms with Crippen molar-refractivity contribution >= 4 is 50.6 Å². The van der Waals surface area contributed by atoms with E-state index in [-0.39, 0.29) is 20.1 Å². The number of hydrogen-bond acceptors (Lipinski definition) is 3. The largest absolute Gasteiger partial charge is 0.501 e. The number of nitrogens with zero attached hydrogens (tertiary/aromatic N) is 3. The topological polar surface area (TPSA) is 43.9 Å². The van der Waals surface area contributed by atoms with Crippen LogP contribution in [0.1, 0.15) is 26.3 Å². The molecule has 281 valence electrons. The van der Waals surface area contributed by atoms with Crippen LogP contribution in [-0.4, -0.2) is 27.8 Å². The van der Waals surface area contributed by atoms with Crippen LogP contribution >= 0.6 is 0 Å². The third kappa shape index (κ3) is 8.22. The summed E-state index contributed by atoms with van der Waals surface area (Å²) < 4.78 is 10.1. The van der Waals surface area contributed by atoms with Crippen LogP contribution in [0.4, 0.5) is 0 Å². The third-order valence-corrected chi connectivity index (χ3v) is 14.2. The maximum absolute atomic E-state index is 6.33. The molecular formula is C50H45GeIrN3O-2. The Labute approximate surface area is 346 Å². The molecule has 6 heteroatoms. The van der Waals surface area contributed by atoms with Crippen molar-refractivity contribution < 1.29 is 24.5 Å². The second-order valence-corrected chi connectivity index (χ2v) is 26.9. The van der Waals surface area contributed by atoms with Gasteiger partial charge in [-0.25, -0.2) is 0 Å². The van der Waals surface area contributed by atoms with Gasteiger partial charge in [0.1, 0.15) is 5.58 Å². The Hall–Kier alpha value is -5.07. The number of furan rings is 1. The van der Waals surface area contributed by atoms with Gasteiger partial charge in [0.25, 0.3) is 0 Å². The SMILES string of the molecule is CC(C)(C)Cc1cc(-c2[c-]cccc2)nc[c]1[Ge]([CH3])([CH3])[CH3].[Ir].[c-]1ccc2c(oc3ccccc32)c1-c1nc2ccccc2n1-c1cccc(-c2ccccc2)c1. The molecule has 3 aromatic heterocycles. The van der Waals surface area contributed by atoms with Gasteiger partial charge in [-0.3, -0.25) is 4.98 Å². The van der Waals surface area contributed by atoms with Gasteiger partial charge in [0.05, 0.1) is 22.4 Å². The normalized spacial score (nSPS) is 11.7. The molecule has 0 aliphatic carbocycles. The molecule has 9 rings (SSSR count). The first-order valence-electron chi connectivity index (χ1n) is 19.0. The molecule has 6 aromatic carbocycles. The molecule has 3 heterocycles. The molecule has 0 spiro atoms. The van der Waals surface area contributed by atoms with Crippen LogP contribution < -0.4 is 4.40 Å². The maximum atomic E-state index is 6.33. The summed E-state index contributed by atoms with van der Waals surface area (Å²) in [5.74, 6) is 8.14. The molecule has 0 aliphatic rings. The van der Waals surface area contributed by atoms with Gasteiger partial charge in [-0.2, -0.15) is 0 Å². The first kappa shape index (κ1) is 39.2. The molecule has 0 unspecified atom stereocenters. The summed E-state index contributed by atoms with van der Waals surface area (Å²) in [4.78, 5) is 9.78. The minimum absolute atomic E-state index is 0. The van der Waals surface area contributed by atoms with Gasteiger partial charge < -0.3 is 8.98 Å². The molecule has 56 heavy (non-hydrogen) atoms. The minimum atomic E-state index is -1.90. The first-order valence-corrected chi connectivity index (χ1v) is 26.3. The fourth-order valence-corrected chi connectivity index (χ4v) is 10.7. The van der Waals surface area contributed by atoms with E-state index in [1.165, 1.54) is 15.5 Å². The number of fused-ring (bicyclic) bond motifs is 4. The van der Waals surface area contributed by atoms with Gasteiger partial charge in [-0.15, -0.1) is 18.2 Å². The summed E-state index contributed by atoms with van der Waals surface area (Å²) >= 11 is -1.90. The number of aromatic nitrogens is 3. The van der Waals surface area contributed by atoms with Crippen molar-refractivity contribution in [3.63, 3.8) is 0 Å². The molecule has 0 aliphatic heterocycles. The average Bonchev–Trinajstić information content (AvgIpc) is 3.77. The number of para-hydroxylation sites is 3. The van der Waals surface area contributed by atoms with Gasteiger partial charge in [0.2, 0.25) is 0 Å². The Morgan fingerprint density at radius 3 is 2.20 bits per heavy atom. The Kier molecular flexibility index (Phi) is 11.3. The molecule has 0 amide bonds. The minimum Gasteiger partial charge on any atom is -0.501 e. The van der Waals surface area contributed by atoms with Crippen LogP contribution in [0.15, 0.2) is 156 Å². The number of hydrogen-bond donors (Lipinski definition) is 0. The van der Waals surface area contributed by atoms with Crippen molar-refractivity contribution in [1.82, 2.24) is 14.5 Å². The number of imidazole rings is 1. The summed E-state index contributed by atoms with van der Waals surface area (Å²) in [5.41, 5.74) is 11.8. The summed E-state index contributed by atoms with van der Waals surface area (Å²) in [6.07, 6.45) is 3.24. The standard InChI is InChI=1S/C31H19N2O.C19H26GeN.Ir/c1-2-10-21(11-3-1)22-12-8-13-23(20-22)33-28-18-6-5-17-27(28)32-31(33)26-16-9-15-25-24-14-4-7-19-29(24)34-30(25)26;1-19(2,3)13-16-12-18(15-10-8-7-9-11-15)21-14-17(16)20(4,5)6;/h1-15,17-20H;7-10,12,14H,13H2,1-6H3;/q2*-1;. The fourth-order valence-electron chi connectivity index (χ4n) is 7.36. The molecule has 9 aromatic rings. The Balaban J connectivity index is 0.000000190. The van der Waals surface area contributed by atoms with E-state index in [9.17, 15) is 0 Å². The summed E-state index contributed by atoms with van der Waals surface area (Å²) in [5, 5.41) is 2.17. The Morgan fingerprint density at radius 2 is 1.43 bits per heavy atom. The summed E-state index contributed by atoms with van der Waals surface area (Å²) in [6.45, 7) is 6.92. The van der Waals surface area contributed by atoms with E-state index < -0.39 is 13.3 Å². The second-order valence-electron chi connectivity index (χ2n) is 16.4. The van der Waals surface area contributed by atoms with Crippen molar-refractivity contribution in [2.75, 3.05) is 0 Å². The van der Waals surface area contributed by atoms with Gasteiger partial charge >= 0.3 is 132 Å². The van der Waals surface area contributed by atoms with E-state index in [2.05, 4.69) is 152 Å². The molecule has 0 saturated carbocycles. The van der Waals surface area contributed by atoms with Crippen LogP contribution in [0, 0.1) is 17.5 Å². The molecule has 0 bridgehead atoms. The first-order chi connectivity index (χ1) is 26.5. The van der Waals surface area contributed by atoms with E-state index in [1.54, 1.807) is 0 Å².